The van der Waals surface area contributed by atoms with Crippen molar-refractivity contribution < 1.29 is 4.79 Å². The molecule has 1 fully saturated rings. The molecule has 1 aliphatic carbocycles. The van der Waals surface area contributed by atoms with Crippen molar-refractivity contribution in [3.05, 3.63) is 0 Å². The quantitative estimate of drug-likeness (QED) is 0.589. The average molecular weight is 168 g/mol. The fourth-order valence-electron chi connectivity index (χ4n) is 2.07. The summed E-state index contributed by atoms with van der Waals surface area (Å²) in [5.74, 6) is 1.31. The molecule has 1 aliphatic rings. The number of hydrogen-bond donors (Lipinski definition) is 0. The van der Waals surface area contributed by atoms with Gasteiger partial charge in [-0.15, -0.1) is 0 Å². The molecule has 1 rings (SSSR count). The summed E-state index contributed by atoms with van der Waals surface area (Å²) < 4.78 is 0. The van der Waals surface area contributed by atoms with Crippen LogP contribution in [0.25, 0.3) is 0 Å². The molecule has 0 spiro atoms. The van der Waals surface area contributed by atoms with E-state index < -0.39 is 0 Å². The van der Waals surface area contributed by atoms with E-state index in [1.54, 1.807) is 0 Å². The van der Waals surface area contributed by atoms with E-state index in [2.05, 4.69) is 13.8 Å². The normalized spacial score (nSPS) is 29.7. The second kappa shape index (κ2) is 4.64. The van der Waals surface area contributed by atoms with E-state index in [4.69, 9.17) is 0 Å². The van der Waals surface area contributed by atoms with Crippen molar-refractivity contribution in [2.24, 2.45) is 11.8 Å². The minimum atomic E-state index is 0.358. The van der Waals surface area contributed by atoms with E-state index in [1.165, 1.54) is 19.3 Å². The molecule has 0 saturated heterocycles. The zero-order valence-corrected chi connectivity index (χ0v) is 8.31. The molecule has 0 heterocycles. The fourth-order valence-corrected chi connectivity index (χ4v) is 2.07. The molecule has 2 unspecified atom stereocenters. The number of rotatable bonds is 4. The van der Waals surface area contributed by atoms with Crippen molar-refractivity contribution in [2.75, 3.05) is 0 Å². The molecule has 0 aliphatic heterocycles. The highest BCUT2D eigenvalue weighted by Crippen LogP contribution is 2.30. The molecule has 0 aromatic carbocycles. The summed E-state index contributed by atoms with van der Waals surface area (Å²) in [7, 11) is 0. The maximum absolute atomic E-state index is 11.5. The Kier molecular flexibility index (Phi) is 3.77. The van der Waals surface area contributed by atoms with Gasteiger partial charge in [-0.2, -0.15) is 0 Å². The molecule has 0 amide bonds. The van der Waals surface area contributed by atoms with Crippen LogP contribution in [0.5, 0.6) is 0 Å². The van der Waals surface area contributed by atoms with Crippen LogP contribution in [0.15, 0.2) is 0 Å². The van der Waals surface area contributed by atoms with Crippen LogP contribution in [0.2, 0.25) is 0 Å². The van der Waals surface area contributed by atoms with E-state index in [9.17, 15) is 4.79 Å². The van der Waals surface area contributed by atoms with E-state index in [1.807, 2.05) is 0 Å². The predicted octanol–water partition coefficient (Wildman–Crippen LogP) is 3.18. The highest BCUT2D eigenvalue weighted by atomic mass is 16.1. The zero-order chi connectivity index (χ0) is 8.97. The third-order valence-corrected chi connectivity index (χ3v) is 2.99. The summed E-state index contributed by atoms with van der Waals surface area (Å²) in [6.07, 6.45) is 7.24. The van der Waals surface area contributed by atoms with Gasteiger partial charge in [0.2, 0.25) is 0 Å². The Labute approximate surface area is 75.5 Å². The van der Waals surface area contributed by atoms with E-state index in [0.717, 1.165) is 19.3 Å². The fraction of sp³-hybridized carbons (Fsp3) is 0.909. The summed E-state index contributed by atoms with van der Waals surface area (Å²) in [5, 5.41) is 0. The standard InChI is InChI=1S/C11H20O/c1-3-4-5-6-10-8-7-9(2)11(10)12/h9-10H,3-8H2,1-2H3. The number of ketones is 1. The Hall–Kier alpha value is -0.330. The zero-order valence-electron chi connectivity index (χ0n) is 8.31. The summed E-state index contributed by atoms with van der Waals surface area (Å²) in [6.45, 7) is 4.28. The molecule has 1 saturated carbocycles. The minimum absolute atomic E-state index is 0.358. The maximum atomic E-state index is 11.5. The predicted molar refractivity (Wildman–Crippen MR) is 51.0 cm³/mol. The molecule has 0 radical (unpaired) electrons. The number of Topliss-reactive ketones (excluding diaryl/α,β-unsaturated/α-hetero) is 1. The van der Waals surface area contributed by atoms with Crippen LogP contribution in [0.4, 0.5) is 0 Å². The lowest BCUT2D eigenvalue weighted by molar-refractivity contribution is -0.123. The van der Waals surface area contributed by atoms with E-state index in [-0.39, 0.29) is 0 Å². The van der Waals surface area contributed by atoms with Crippen molar-refractivity contribution in [1.29, 1.82) is 0 Å². The Morgan fingerprint density at radius 2 is 2.08 bits per heavy atom. The SMILES string of the molecule is CCCCCC1CCC(C)C1=O. The number of unbranched alkanes of at least 4 members (excludes halogenated alkanes) is 2. The van der Waals surface area contributed by atoms with Gasteiger partial charge in [0.15, 0.2) is 0 Å². The molecule has 70 valence electrons. The second-order valence-corrected chi connectivity index (χ2v) is 4.07. The average Bonchev–Trinajstić information content (AvgIpc) is 2.36. The summed E-state index contributed by atoms with van der Waals surface area (Å²) >= 11 is 0. The van der Waals surface area contributed by atoms with Crippen LogP contribution in [0, 0.1) is 11.8 Å². The highest BCUT2D eigenvalue weighted by Gasteiger charge is 2.29. The van der Waals surface area contributed by atoms with Gasteiger partial charge in [0.1, 0.15) is 5.78 Å². The Bertz CT molecular complexity index is 151. The molecule has 1 nitrogen and oxygen atoms in total. The largest absolute Gasteiger partial charge is 0.299 e. The van der Waals surface area contributed by atoms with Gasteiger partial charge in [-0.3, -0.25) is 4.79 Å². The van der Waals surface area contributed by atoms with Crippen LogP contribution in [0.1, 0.15) is 52.4 Å². The lowest BCUT2D eigenvalue weighted by atomic mass is 9.97. The number of carbonyl (C=O) groups is 1. The molecule has 2 atom stereocenters. The second-order valence-electron chi connectivity index (χ2n) is 4.07. The van der Waals surface area contributed by atoms with Gasteiger partial charge in [-0.25, -0.2) is 0 Å². The van der Waals surface area contributed by atoms with Gasteiger partial charge in [0.05, 0.1) is 0 Å². The maximum Gasteiger partial charge on any atom is 0.138 e. The first-order valence-electron chi connectivity index (χ1n) is 5.29. The third kappa shape index (κ3) is 2.33. The van der Waals surface area contributed by atoms with Crippen molar-refractivity contribution in [3.8, 4) is 0 Å². The first-order chi connectivity index (χ1) is 5.75. The summed E-state index contributed by atoms with van der Waals surface area (Å²) in [6, 6.07) is 0. The number of carbonyl (C=O) groups excluding carboxylic acids is 1. The monoisotopic (exact) mass is 168 g/mol. The lowest BCUT2D eigenvalue weighted by Crippen LogP contribution is -2.11. The lowest BCUT2D eigenvalue weighted by Gasteiger charge is -2.06. The first kappa shape index (κ1) is 9.76. The molecule has 12 heavy (non-hydrogen) atoms. The van der Waals surface area contributed by atoms with Crippen LogP contribution in [0.3, 0.4) is 0 Å². The topological polar surface area (TPSA) is 17.1 Å². The van der Waals surface area contributed by atoms with Crippen molar-refractivity contribution >= 4 is 5.78 Å². The minimum Gasteiger partial charge on any atom is -0.299 e. The molecule has 0 aromatic rings. The summed E-state index contributed by atoms with van der Waals surface area (Å²) in [5.41, 5.74) is 0. The van der Waals surface area contributed by atoms with Crippen LogP contribution in [-0.2, 0) is 4.79 Å². The molecule has 0 N–H and O–H groups in total. The van der Waals surface area contributed by atoms with E-state index >= 15 is 0 Å². The van der Waals surface area contributed by atoms with Gasteiger partial charge in [0.25, 0.3) is 0 Å². The van der Waals surface area contributed by atoms with Gasteiger partial charge >= 0.3 is 0 Å². The summed E-state index contributed by atoms with van der Waals surface area (Å²) in [4.78, 5) is 11.5. The van der Waals surface area contributed by atoms with Gasteiger partial charge in [-0.1, -0.05) is 33.1 Å². The van der Waals surface area contributed by atoms with Crippen molar-refractivity contribution in [1.82, 2.24) is 0 Å². The number of hydrogen-bond acceptors (Lipinski definition) is 1. The highest BCUT2D eigenvalue weighted by molar-refractivity contribution is 5.84. The Morgan fingerprint density at radius 3 is 2.58 bits per heavy atom. The van der Waals surface area contributed by atoms with E-state index in [0.29, 0.717) is 17.6 Å². The Balaban J connectivity index is 2.20. The van der Waals surface area contributed by atoms with Crippen LogP contribution < -0.4 is 0 Å². The van der Waals surface area contributed by atoms with Gasteiger partial charge < -0.3 is 0 Å². The van der Waals surface area contributed by atoms with Crippen LogP contribution >= 0.6 is 0 Å². The van der Waals surface area contributed by atoms with Crippen molar-refractivity contribution in [3.63, 3.8) is 0 Å². The smallest absolute Gasteiger partial charge is 0.138 e. The molecule has 1 heteroatoms. The molecular formula is C11H20O. The van der Waals surface area contributed by atoms with Crippen molar-refractivity contribution in [2.45, 2.75) is 52.4 Å². The first-order valence-corrected chi connectivity index (χ1v) is 5.29. The Morgan fingerprint density at radius 1 is 1.33 bits per heavy atom. The van der Waals surface area contributed by atoms with Crippen LogP contribution in [-0.4, -0.2) is 5.78 Å². The molecule has 0 aromatic heterocycles. The molecule has 0 bridgehead atoms. The molecular weight excluding hydrogens is 148 g/mol. The van der Waals surface area contributed by atoms with Gasteiger partial charge in [-0.05, 0) is 19.3 Å². The van der Waals surface area contributed by atoms with Gasteiger partial charge in [0, 0.05) is 11.8 Å². The third-order valence-electron chi connectivity index (χ3n) is 2.99.